The Morgan fingerprint density at radius 1 is 1.17 bits per heavy atom. The van der Waals surface area contributed by atoms with E-state index in [-0.39, 0.29) is 5.91 Å². The Labute approximate surface area is 138 Å². The summed E-state index contributed by atoms with van der Waals surface area (Å²) in [6, 6.07) is 9.88. The summed E-state index contributed by atoms with van der Waals surface area (Å²) in [6.07, 6.45) is 0. The summed E-state index contributed by atoms with van der Waals surface area (Å²) in [6.45, 7) is 11.6. The molecule has 2 aromatic rings. The quantitative estimate of drug-likeness (QED) is 0.854. The molecule has 0 aliphatic heterocycles. The molecular formula is C18H26N4O. The highest BCUT2D eigenvalue weighted by molar-refractivity contribution is 5.96. The second kappa shape index (κ2) is 7.92. The summed E-state index contributed by atoms with van der Waals surface area (Å²) in [5.41, 5.74) is 3.27. The first kappa shape index (κ1) is 17.2. The van der Waals surface area contributed by atoms with Gasteiger partial charge < -0.3 is 10.2 Å². The zero-order valence-corrected chi connectivity index (χ0v) is 14.5. The molecule has 2 rings (SSSR count). The maximum absolute atomic E-state index is 12.5. The van der Waals surface area contributed by atoms with Crippen molar-refractivity contribution in [1.29, 1.82) is 0 Å². The molecule has 0 saturated carbocycles. The molecular weight excluding hydrogens is 288 g/mol. The van der Waals surface area contributed by atoms with E-state index in [1.165, 1.54) is 0 Å². The third-order valence-electron chi connectivity index (χ3n) is 4.13. The van der Waals surface area contributed by atoms with Crippen LogP contribution in [0.4, 0.5) is 0 Å². The van der Waals surface area contributed by atoms with E-state index in [0.717, 1.165) is 36.7 Å². The van der Waals surface area contributed by atoms with Crippen LogP contribution in [0.15, 0.2) is 30.3 Å². The lowest BCUT2D eigenvalue weighted by atomic mass is 10.2. The topological polar surface area (TPSA) is 50.2 Å². The number of rotatable bonds is 7. The molecule has 1 N–H and O–H groups in total. The van der Waals surface area contributed by atoms with Gasteiger partial charge >= 0.3 is 0 Å². The largest absolute Gasteiger partial charge is 0.351 e. The molecule has 0 fully saturated rings. The number of para-hydroxylation sites is 1. The van der Waals surface area contributed by atoms with Crippen LogP contribution in [0.1, 0.15) is 35.6 Å². The molecule has 1 amide bonds. The van der Waals surface area contributed by atoms with Gasteiger partial charge in [-0.3, -0.25) is 4.79 Å². The average Bonchev–Trinajstić information content (AvgIpc) is 2.87. The number of nitrogens with zero attached hydrogens (tertiary/aromatic N) is 3. The third kappa shape index (κ3) is 3.99. The number of hydrogen-bond acceptors (Lipinski definition) is 3. The van der Waals surface area contributed by atoms with Crippen molar-refractivity contribution in [2.45, 2.75) is 27.7 Å². The summed E-state index contributed by atoms with van der Waals surface area (Å²) in [5.74, 6) is -0.0469. The molecule has 0 spiro atoms. The van der Waals surface area contributed by atoms with E-state index < -0.39 is 0 Å². The predicted molar refractivity (Wildman–Crippen MR) is 93.2 cm³/mol. The highest BCUT2D eigenvalue weighted by Gasteiger charge is 2.19. The number of amides is 1. The Morgan fingerprint density at radius 3 is 2.43 bits per heavy atom. The average molecular weight is 314 g/mol. The van der Waals surface area contributed by atoms with Crippen LogP contribution in [0.3, 0.4) is 0 Å². The molecule has 0 radical (unpaired) electrons. The van der Waals surface area contributed by atoms with Gasteiger partial charge in [0.1, 0.15) is 0 Å². The van der Waals surface area contributed by atoms with Crippen molar-refractivity contribution in [2.75, 3.05) is 26.2 Å². The first-order valence-electron chi connectivity index (χ1n) is 8.20. The van der Waals surface area contributed by atoms with E-state index in [1.54, 1.807) is 0 Å². The standard InChI is InChI=1S/C18H26N4O/c1-5-21(6-2)13-12-19-18(23)17-14(3)20-22(15(17)4)16-10-8-7-9-11-16/h7-11H,5-6,12-13H2,1-4H3,(H,19,23). The van der Waals surface area contributed by atoms with Crippen LogP contribution in [0.5, 0.6) is 0 Å². The minimum absolute atomic E-state index is 0.0469. The monoisotopic (exact) mass is 314 g/mol. The first-order chi connectivity index (χ1) is 11.1. The van der Waals surface area contributed by atoms with Crippen molar-refractivity contribution in [3.05, 3.63) is 47.3 Å². The zero-order chi connectivity index (χ0) is 16.8. The minimum atomic E-state index is -0.0469. The number of aryl methyl sites for hydroxylation is 1. The van der Waals surface area contributed by atoms with E-state index in [9.17, 15) is 4.79 Å². The molecule has 1 aromatic carbocycles. The van der Waals surface area contributed by atoms with Crippen molar-refractivity contribution < 1.29 is 4.79 Å². The van der Waals surface area contributed by atoms with Gasteiger partial charge in [-0.15, -0.1) is 0 Å². The molecule has 1 aromatic heterocycles. The molecule has 0 saturated heterocycles. The lowest BCUT2D eigenvalue weighted by molar-refractivity contribution is 0.0947. The van der Waals surface area contributed by atoms with Gasteiger partial charge in [0, 0.05) is 13.1 Å². The fourth-order valence-electron chi connectivity index (χ4n) is 2.75. The second-order valence-electron chi connectivity index (χ2n) is 5.58. The van der Waals surface area contributed by atoms with Gasteiger partial charge in [0.05, 0.1) is 22.6 Å². The van der Waals surface area contributed by atoms with Crippen LogP contribution in [-0.4, -0.2) is 46.8 Å². The minimum Gasteiger partial charge on any atom is -0.351 e. The van der Waals surface area contributed by atoms with Crippen LogP contribution in [0, 0.1) is 13.8 Å². The Morgan fingerprint density at radius 2 is 1.83 bits per heavy atom. The van der Waals surface area contributed by atoms with Crippen molar-refractivity contribution in [1.82, 2.24) is 20.0 Å². The Bertz CT molecular complexity index is 645. The highest BCUT2D eigenvalue weighted by atomic mass is 16.1. The number of likely N-dealkylation sites (N-methyl/N-ethyl adjacent to an activating group) is 1. The molecule has 0 atom stereocenters. The molecule has 0 bridgehead atoms. The maximum Gasteiger partial charge on any atom is 0.255 e. The van der Waals surface area contributed by atoms with Gasteiger partial charge in [-0.2, -0.15) is 5.10 Å². The van der Waals surface area contributed by atoms with Gasteiger partial charge in [-0.05, 0) is 39.1 Å². The van der Waals surface area contributed by atoms with Crippen LogP contribution in [-0.2, 0) is 0 Å². The highest BCUT2D eigenvalue weighted by Crippen LogP contribution is 2.17. The maximum atomic E-state index is 12.5. The van der Waals surface area contributed by atoms with E-state index in [0.29, 0.717) is 12.1 Å². The summed E-state index contributed by atoms with van der Waals surface area (Å²) < 4.78 is 1.83. The Hall–Kier alpha value is -2.14. The number of carbonyl (C=O) groups is 1. The normalized spacial score (nSPS) is 11.0. The molecule has 0 aliphatic carbocycles. The van der Waals surface area contributed by atoms with E-state index >= 15 is 0 Å². The number of carbonyl (C=O) groups excluding carboxylic acids is 1. The predicted octanol–water partition coefficient (Wildman–Crippen LogP) is 2.56. The van der Waals surface area contributed by atoms with Crippen LogP contribution in [0.25, 0.3) is 5.69 Å². The number of benzene rings is 1. The molecule has 124 valence electrons. The molecule has 23 heavy (non-hydrogen) atoms. The van der Waals surface area contributed by atoms with Gasteiger partial charge in [-0.1, -0.05) is 32.0 Å². The number of nitrogens with one attached hydrogen (secondary N) is 1. The SMILES string of the molecule is CCN(CC)CCNC(=O)c1c(C)nn(-c2ccccc2)c1C. The van der Waals surface area contributed by atoms with Crippen LogP contribution < -0.4 is 5.32 Å². The first-order valence-corrected chi connectivity index (χ1v) is 8.20. The van der Waals surface area contributed by atoms with Crippen molar-refractivity contribution in [3.63, 3.8) is 0 Å². The van der Waals surface area contributed by atoms with Gasteiger partial charge in [0.25, 0.3) is 5.91 Å². The summed E-state index contributed by atoms with van der Waals surface area (Å²) in [4.78, 5) is 14.8. The summed E-state index contributed by atoms with van der Waals surface area (Å²) >= 11 is 0. The lowest BCUT2D eigenvalue weighted by Gasteiger charge is -2.18. The fraction of sp³-hybridized carbons (Fsp3) is 0.444. The smallest absolute Gasteiger partial charge is 0.255 e. The van der Waals surface area contributed by atoms with Gasteiger partial charge in [0.2, 0.25) is 0 Å². The zero-order valence-electron chi connectivity index (χ0n) is 14.5. The molecule has 1 heterocycles. The van der Waals surface area contributed by atoms with Gasteiger partial charge in [0.15, 0.2) is 0 Å². The van der Waals surface area contributed by atoms with E-state index in [1.807, 2.05) is 48.9 Å². The molecule has 0 unspecified atom stereocenters. The summed E-state index contributed by atoms with van der Waals surface area (Å²) in [7, 11) is 0. The summed E-state index contributed by atoms with van der Waals surface area (Å²) in [5, 5.41) is 7.53. The van der Waals surface area contributed by atoms with Crippen LogP contribution in [0.2, 0.25) is 0 Å². The molecule has 0 aliphatic rings. The number of aromatic nitrogens is 2. The lowest BCUT2D eigenvalue weighted by Crippen LogP contribution is -2.35. The van der Waals surface area contributed by atoms with Gasteiger partial charge in [-0.25, -0.2) is 4.68 Å². The van der Waals surface area contributed by atoms with Crippen molar-refractivity contribution in [2.24, 2.45) is 0 Å². The van der Waals surface area contributed by atoms with Crippen LogP contribution >= 0.6 is 0 Å². The number of hydrogen-bond donors (Lipinski definition) is 1. The fourth-order valence-corrected chi connectivity index (χ4v) is 2.75. The van der Waals surface area contributed by atoms with E-state index in [2.05, 4.69) is 29.2 Å². The van der Waals surface area contributed by atoms with E-state index in [4.69, 9.17) is 0 Å². The van der Waals surface area contributed by atoms with Crippen molar-refractivity contribution in [3.8, 4) is 5.69 Å². The molecule has 5 heteroatoms. The third-order valence-corrected chi connectivity index (χ3v) is 4.13. The van der Waals surface area contributed by atoms with Crippen molar-refractivity contribution >= 4 is 5.91 Å². The second-order valence-corrected chi connectivity index (χ2v) is 5.58. The Balaban J connectivity index is 2.11. The Kier molecular flexibility index (Phi) is 5.93. The molecule has 5 nitrogen and oxygen atoms in total.